The van der Waals surface area contributed by atoms with E-state index >= 15 is 0 Å². The molecule has 4 unspecified atom stereocenters. The van der Waals surface area contributed by atoms with E-state index in [9.17, 15) is 10.2 Å². The van der Waals surface area contributed by atoms with Gasteiger partial charge in [0.05, 0.1) is 12.2 Å². The van der Waals surface area contributed by atoms with E-state index in [1.807, 2.05) is 12.1 Å². The van der Waals surface area contributed by atoms with Crippen molar-refractivity contribution in [2.45, 2.75) is 77.9 Å². The number of hydrogen-bond acceptors (Lipinski definition) is 2. The van der Waals surface area contributed by atoms with E-state index in [4.69, 9.17) is 0 Å². The summed E-state index contributed by atoms with van der Waals surface area (Å²) in [6, 6.07) is 10.5. The van der Waals surface area contributed by atoms with Gasteiger partial charge in [0.25, 0.3) is 0 Å². The second-order valence-electron chi connectivity index (χ2n) is 7.80. The van der Waals surface area contributed by atoms with Crippen molar-refractivity contribution in [3.05, 3.63) is 48.6 Å². The molecule has 136 valence electrons. The summed E-state index contributed by atoms with van der Waals surface area (Å²) in [5.41, 5.74) is 1.24. The van der Waals surface area contributed by atoms with Crippen LogP contribution in [0.5, 0.6) is 0 Å². The Balaban J connectivity index is 2.77. The van der Waals surface area contributed by atoms with Gasteiger partial charge in [0.15, 0.2) is 0 Å². The molecule has 0 aromatic heterocycles. The van der Waals surface area contributed by atoms with Crippen molar-refractivity contribution in [3.63, 3.8) is 0 Å². The van der Waals surface area contributed by atoms with Gasteiger partial charge in [-0.2, -0.15) is 0 Å². The monoisotopic (exact) mass is 332 g/mol. The molecule has 2 N–H and O–H groups in total. The van der Waals surface area contributed by atoms with Crippen molar-refractivity contribution in [1.29, 1.82) is 0 Å². The van der Waals surface area contributed by atoms with Gasteiger partial charge in [-0.1, -0.05) is 76.9 Å². The molecule has 24 heavy (non-hydrogen) atoms. The number of aliphatic hydroxyl groups excluding tert-OH is 2. The highest BCUT2D eigenvalue weighted by Crippen LogP contribution is 2.41. The summed E-state index contributed by atoms with van der Waals surface area (Å²) in [5.74, 6) is 0.430. The van der Waals surface area contributed by atoms with Gasteiger partial charge in [0.1, 0.15) is 0 Å². The molecule has 0 saturated carbocycles. The summed E-state index contributed by atoms with van der Waals surface area (Å²) < 4.78 is 0. The average molecular weight is 333 g/mol. The van der Waals surface area contributed by atoms with Crippen molar-refractivity contribution in [2.75, 3.05) is 0 Å². The first-order valence-corrected chi connectivity index (χ1v) is 9.36. The van der Waals surface area contributed by atoms with Crippen LogP contribution < -0.4 is 0 Å². The minimum absolute atomic E-state index is 0.0455. The molecule has 2 nitrogen and oxygen atoms in total. The van der Waals surface area contributed by atoms with Crippen LogP contribution in [0.25, 0.3) is 0 Å². The Kier molecular flexibility index (Phi) is 8.72. The van der Waals surface area contributed by atoms with Crippen molar-refractivity contribution < 1.29 is 10.2 Å². The second-order valence-corrected chi connectivity index (χ2v) is 7.80. The van der Waals surface area contributed by atoms with Crippen LogP contribution in [0.4, 0.5) is 0 Å². The molecule has 0 amide bonds. The zero-order valence-corrected chi connectivity index (χ0v) is 15.9. The minimum Gasteiger partial charge on any atom is -0.393 e. The van der Waals surface area contributed by atoms with Gasteiger partial charge in [-0.3, -0.25) is 0 Å². The standard InChI is InChI=1S/C22H36O2/c1-6-8-14-19(23)16-21(24)17(3)15-20(22(4,5)7-2)18-12-10-9-11-13-18/h7,9-13,17,19-21,23-24H,2,6,8,14-16H2,1,3-5H3. The smallest absolute Gasteiger partial charge is 0.0590 e. The molecule has 0 radical (unpaired) electrons. The third kappa shape index (κ3) is 6.41. The largest absolute Gasteiger partial charge is 0.393 e. The molecule has 4 atom stereocenters. The first kappa shape index (κ1) is 20.9. The fraction of sp³-hybridized carbons (Fsp3) is 0.636. The fourth-order valence-electron chi connectivity index (χ4n) is 3.29. The lowest BCUT2D eigenvalue weighted by Gasteiger charge is -2.35. The van der Waals surface area contributed by atoms with E-state index in [2.05, 4.69) is 58.5 Å². The molecule has 0 heterocycles. The molecule has 0 aliphatic rings. The van der Waals surface area contributed by atoms with Crippen molar-refractivity contribution in [3.8, 4) is 0 Å². The van der Waals surface area contributed by atoms with E-state index in [0.717, 1.165) is 25.7 Å². The molecule has 1 aromatic rings. The van der Waals surface area contributed by atoms with Gasteiger partial charge < -0.3 is 10.2 Å². The topological polar surface area (TPSA) is 40.5 Å². The van der Waals surface area contributed by atoms with Gasteiger partial charge >= 0.3 is 0 Å². The lowest BCUT2D eigenvalue weighted by Crippen LogP contribution is -2.29. The zero-order valence-electron chi connectivity index (χ0n) is 15.9. The van der Waals surface area contributed by atoms with E-state index < -0.39 is 12.2 Å². The highest BCUT2D eigenvalue weighted by atomic mass is 16.3. The van der Waals surface area contributed by atoms with Gasteiger partial charge in [-0.25, -0.2) is 0 Å². The number of aliphatic hydroxyl groups is 2. The van der Waals surface area contributed by atoms with Gasteiger partial charge in [0.2, 0.25) is 0 Å². The van der Waals surface area contributed by atoms with Crippen LogP contribution in [-0.2, 0) is 0 Å². The van der Waals surface area contributed by atoms with Crippen LogP contribution in [0, 0.1) is 11.3 Å². The van der Waals surface area contributed by atoms with E-state index in [0.29, 0.717) is 12.3 Å². The first-order valence-electron chi connectivity index (χ1n) is 9.36. The van der Waals surface area contributed by atoms with Gasteiger partial charge in [0, 0.05) is 0 Å². The average Bonchev–Trinajstić information content (AvgIpc) is 2.58. The number of allylic oxidation sites excluding steroid dienone is 1. The van der Waals surface area contributed by atoms with Crippen molar-refractivity contribution in [2.24, 2.45) is 11.3 Å². The highest BCUT2D eigenvalue weighted by molar-refractivity contribution is 5.23. The fourth-order valence-corrected chi connectivity index (χ4v) is 3.29. The molecular formula is C22H36O2. The van der Waals surface area contributed by atoms with Crippen LogP contribution in [0.2, 0.25) is 0 Å². The SMILES string of the molecule is C=CC(C)(C)C(CC(C)C(O)CC(O)CCCC)c1ccccc1. The van der Waals surface area contributed by atoms with E-state index in [1.165, 1.54) is 5.56 Å². The first-order chi connectivity index (χ1) is 11.3. The van der Waals surface area contributed by atoms with Gasteiger partial charge in [-0.05, 0) is 42.1 Å². The number of unbranched alkanes of at least 4 members (excludes halogenated alkanes) is 1. The summed E-state index contributed by atoms with van der Waals surface area (Å²) in [6.45, 7) is 12.6. The Morgan fingerprint density at radius 3 is 2.29 bits per heavy atom. The molecule has 1 rings (SSSR count). The second kappa shape index (κ2) is 10.0. The molecule has 0 aliphatic carbocycles. The third-order valence-electron chi connectivity index (χ3n) is 5.29. The van der Waals surface area contributed by atoms with Gasteiger partial charge in [-0.15, -0.1) is 6.58 Å². The minimum atomic E-state index is -0.469. The van der Waals surface area contributed by atoms with Crippen molar-refractivity contribution in [1.82, 2.24) is 0 Å². The van der Waals surface area contributed by atoms with Crippen LogP contribution >= 0.6 is 0 Å². The quantitative estimate of drug-likeness (QED) is 0.539. The molecule has 0 bridgehead atoms. The van der Waals surface area contributed by atoms with Crippen LogP contribution in [0.15, 0.2) is 43.0 Å². The number of rotatable bonds is 11. The summed E-state index contributed by atoms with van der Waals surface area (Å²) >= 11 is 0. The summed E-state index contributed by atoms with van der Waals surface area (Å²) in [4.78, 5) is 0. The normalized spacial score (nSPS) is 17.1. The zero-order chi connectivity index (χ0) is 18.2. The van der Waals surface area contributed by atoms with Crippen LogP contribution in [-0.4, -0.2) is 22.4 Å². The summed E-state index contributed by atoms with van der Waals surface area (Å²) in [5, 5.41) is 20.6. The molecular weight excluding hydrogens is 296 g/mol. The predicted molar refractivity (Wildman–Crippen MR) is 103 cm³/mol. The van der Waals surface area contributed by atoms with Crippen LogP contribution in [0.3, 0.4) is 0 Å². The van der Waals surface area contributed by atoms with E-state index in [1.54, 1.807) is 0 Å². The highest BCUT2D eigenvalue weighted by Gasteiger charge is 2.31. The Morgan fingerprint density at radius 2 is 1.75 bits per heavy atom. The third-order valence-corrected chi connectivity index (χ3v) is 5.29. The van der Waals surface area contributed by atoms with E-state index in [-0.39, 0.29) is 11.3 Å². The molecule has 0 saturated heterocycles. The maximum atomic E-state index is 10.5. The predicted octanol–water partition coefficient (Wildman–Crippen LogP) is 5.31. The maximum Gasteiger partial charge on any atom is 0.0590 e. The lowest BCUT2D eigenvalue weighted by atomic mass is 9.70. The molecule has 0 aliphatic heterocycles. The van der Waals surface area contributed by atoms with Crippen molar-refractivity contribution >= 4 is 0 Å². The van der Waals surface area contributed by atoms with Crippen LogP contribution in [0.1, 0.15) is 71.3 Å². The Hall–Kier alpha value is -1.12. The molecule has 2 heteroatoms. The summed E-state index contributed by atoms with van der Waals surface area (Å²) in [7, 11) is 0. The molecule has 0 spiro atoms. The Bertz CT molecular complexity index is 466. The number of benzene rings is 1. The molecule has 0 fully saturated rings. The summed E-state index contributed by atoms with van der Waals surface area (Å²) in [6.07, 6.45) is 5.36. The lowest BCUT2D eigenvalue weighted by molar-refractivity contribution is 0.0369. The maximum absolute atomic E-state index is 10.5. The molecule has 1 aromatic carbocycles. The Labute approximate surface area is 148 Å². The number of hydrogen-bond donors (Lipinski definition) is 2. The Morgan fingerprint density at radius 1 is 1.12 bits per heavy atom.